The summed E-state index contributed by atoms with van der Waals surface area (Å²) in [6.07, 6.45) is 2.88. The summed E-state index contributed by atoms with van der Waals surface area (Å²) in [4.78, 5) is 15.1. The third-order valence-corrected chi connectivity index (χ3v) is 5.46. The molecular formula is C18H27ClN2O2. The van der Waals surface area contributed by atoms with Gasteiger partial charge in [0.25, 0.3) is 0 Å². The molecule has 1 saturated carbocycles. The first-order chi connectivity index (χ1) is 10.4. The molecule has 0 spiro atoms. The second kappa shape index (κ2) is 6.33. The fraction of sp³-hybridized carbons (Fsp3) is 0.611. The fourth-order valence-corrected chi connectivity index (χ4v) is 3.54. The minimum absolute atomic E-state index is 0. The van der Waals surface area contributed by atoms with E-state index in [1.165, 1.54) is 0 Å². The normalized spacial score (nSPS) is 25.0. The summed E-state index contributed by atoms with van der Waals surface area (Å²) in [5.41, 5.74) is 7.83. The lowest BCUT2D eigenvalue weighted by atomic mass is 9.90. The van der Waals surface area contributed by atoms with Crippen LogP contribution in [0.15, 0.2) is 18.2 Å². The van der Waals surface area contributed by atoms with Crippen molar-refractivity contribution in [1.29, 1.82) is 0 Å². The van der Waals surface area contributed by atoms with Gasteiger partial charge >= 0.3 is 0 Å². The molecular weight excluding hydrogens is 312 g/mol. The van der Waals surface area contributed by atoms with Gasteiger partial charge in [0, 0.05) is 13.1 Å². The molecule has 1 aliphatic heterocycles. The average Bonchev–Trinajstić information content (AvgIpc) is 3.24. The van der Waals surface area contributed by atoms with Crippen molar-refractivity contribution in [2.75, 3.05) is 26.7 Å². The van der Waals surface area contributed by atoms with Crippen LogP contribution in [-0.2, 0) is 10.2 Å². The first-order valence-corrected chi connectivity index (χ1v) is 8.09. The SMILES string of the molecule is COc1cc(C2(C(=O)N3CCC(C)(CN)C3)CC2)ccc1C.Cl. The lowest BCUT2D eigenvalue weighted by Crippen LogP contribution is -2.40. The summed E-state index contributed by atoms with van der Waals surface area (Å²) < 4.78 is 5.42. The van der Waals surface area contributed by atoms with Gasteiger partial charge in [0.05, 0.1) is 12.5 Å². The number of ether oxygens (including phenoxy) is 1. The summed E-state index contributed by atoms with van der Waals surface area (Å²) in [6.45, 7) is 6.46. The number of aryl methyl sites for hydroxylation is 1. The van der Waals surface area contributed by atoms with E-state index < -0.39 is 0 Å². The van der Waals surface area contributed by atoms with E-state index in [-0.39, 0.29) is 29.1 Å². The van der Waals surface area contributed by atoms with E-state index in [1.54, 1.807) is 7.11 Å². The van der Waals surface area contributed by atoms with Crippen LogP contribution in [0.5, 0.6) is 5.75 Å². The van der Waals surface area contributed by atoms with Gasteiger partial charge in [-0.25, -0.2) is 0 Å². The Hall–Kier alpha value is -1.26. The zero-order valence-electron chi connectivity index (χ0n) is 14.2. The van der Waals surface area contributed by atoms with Gasteiger partial charge in [0.2, 0.25) is 5.91 Å². The number of methoxy groups -OCH3 is 1. The molecule has 1 saturated heterocycles. The first-order valence-electron chi connectivity index (χ1n) is 8.09. The number of rotatable bonds is 4. The van der Waals surface area contributed by atoms with Crippen LogP contribution in [0.25, 0.3) is 0 Å². The highest BCUT2D eigenvalue weighted by molar-refractivity contribution is 5.91. The van der Waals surface area contributed by atoms with Gasteiger partial charge in [-0.1, -0.05) is 19.1 Å². The van der Waals surface area contributed by atoms with Gasteiger partial charge in [-0.15, -0.1) is 12.4 Å². The highest BCUT2D eigenvalue weighted by Gasteiger charge is 2.54. The minimum atomic E-state index is -0.319. The van der Waals surface area contributed by atoms with Gasteiger partial charge in [0.1, 0.15) is 5.75 Å². The van der Waals surface area contributed by atoms with Crippen LogP contribution in [0.3, 0.4) is 0 Å². The van der Waals surface area contributed by atoms with Crippen molar-refractivity contribution in [2.24, 2.45) is 11.1 Å². The van der Waals surface area contributed by atoms with E-state index in [2.05, 4.69) is 19.1 Å². The third kappa shape index (κ3) is 3.07. The molecule has 2 aliphatic rings. The van der Waals surface area contributed by atoms with E-state index >= 15 is 0 Å². The number of hydrogen-bond acceptors (Lipinski definition) is 3. The lowest BCUT2D eigenvalue weighted by molar-refractivity contribution is -0.133. The van der Waals surface area contributed by atoms with E-state index in [0.29, 0.717) is 6.54 Å². The maximum absolute atomic E-state index is 13.1. The number of amides is 1. The van der Waals surface area contributed by atoms with Crippen LogP contribution in [0.4, 0.5) is 0 Å². The Labute approximate surface area is 144 Å². The molecule has 1 atom stereocenters. The molecule has 4 nitrogen and oxygen atoms in total. The lowest BCUT2D eigenvalue weighted by Gasteiger charge is -2.26. The highest BCUT2D eigenvalue weighted by atomic mass is 35.5. The molecule has 0 bridgehead atoms. The van der Waals surface area contributed by atoms with Gasteiger partial charge < -0.3 is 15.4 Å². The molecule has 5 heteroatoms. The second-order valence-electron chi connectivity index (χ2n) is 7.26. The molecule has 2 fully saturated rings. The van der Waals surface area contributed by atoms with E-state index in [1.807, 2.05) is 17.9 Å². The Morgan fingerprint density at radius 1 is 1.35 bits per heavy atom. The molecule has 1 unspecified atom stereocenters. The van der Waals surface area contributed by atoms with Gasteiger partial charge in [-0.2, -0.15) is 0 Å². The summed E-state index contributed by atoms with van der Waals surface area (Å²) >= 11 is 0. The first kappa shape index (κ1) is 18.1. The van der Waals surface area contributed by atoms with Crippen LogP contribution < -0.4 is 10.5 Å². The topological polar surface area (TPSA) is 55.6 Å². The number of nitrogens with zero attached hydrogens (tertiary/aromatic N) is 1. The third-order valence-electron chi connectivity index (χ3n) is 5.46. The number of carbonyl (C=O) groups is 1. The molecule has 0 aromatic heterocycles. The van der Waals surface area contributed by atoms with Crippen LogP contribution in [0.1, 0.15) is 37.3 Å². The van der Waals surface area contributed by atoms with E-state index in [0.717, 1.165) is 49.2 Å². The number of benzene rings is 1. The van der Waals surface area contributed by atoms with Crippen molar-refractivity contribution in [2.45, 2.75) is 38.5 Å². The Balaban J connectivity index is 0.00000192. The molecule has 1 aliphatic carbocycles. The summed E-state index contributed by atoms with van der Waals surface area (Å²) in [7, 11) is 1.68. The summed E-state index contributed by atoms with van der Waals surface area (Å²) in [6, 6.07) is 6.18. The molecule has 2 N–H and O–H groups in total. The Morgan fingerprint density at radius 3 is 2.57 bits per heavy atom. The Bertz CT molecular complexity index is 601. The van der Waals surface area contributed by atoms with Crippen molar-refractivity contribution in [1.82, 2.24) is 4.90 Å². The molecule has 3 rings (SSSR count). The number of halogens is 1. The quantitative estimate of drug-likeness (QED) is 0.918. The maximum Gasteiger partial charge on any atom is 0.233 e. The van der Waals surface area contributed by atoms with Crippen molar-refractivity contribution < 1.29 is 9.53 Å². The van der Waals surface area contributed by atoms with Crippen LogP contribution in [-0.4, -0.2) is 37.6 Å². The van der Waals surface area contributed by atoms with Crippen molar-refractivity contribution >= 4 is 18.3 Å². The molecule has 0 radical (unpaired) electrons. The van der Waals surface area contributed by atoms with Crippen LogP contribution in [0, 0.1) is 12.3 Å². The molecule has 1 aromatic carbocycles. The molecule has 23 heavy (non-hydrogen) atoms. The Morgan fingerprint density at radius 2 is 2.04 bits per heavy atom. The number of hydrogen-bond donors (Lipinski definition) is 1. The van der Waals surface area contributed by atoms with Crippen molar-refractivity contribution in [3.63, 3.8) is 0 Å². The van der Waals surface area contributed by atoms with Gasteiger partial charge in [-0.05, 0) is 55.3 Å². The van der Waals surface area contributed by atoms with Crippen LogP contribution in [0.2, 0.25) is 0 Å². The van der Waals surface area contributed by atoms with E-state index in [4.69, 9.17) is 10.5 Å². The summed E-state index contributed by atoms with van der Waals surface area (Å²) in [5, 5.41) is 0. The predicted molar refractivity (Wildman–Crippen MR) is 94.2 cm³/mol. The van der Waals surface area contributed by atoms with Crippen LogP contribution >= 0.6 is 12.4 Å². The largest absolute Gasteiger partial charge is 0.496 e. The van der Waals surface area contributed by atoms with Gasteiger partial charge in [0.15, 0.2) is 0 Å². The predicted octanol–water partition coefficient (Wildman–Crippen LogP) is 2.65. The van der Waals surface area contributed by atoms with Gasteiger partial charge in [-0.3, -0.25) is 4.79 Å². The maximum atomic E-state index is 13.1. The van der Waals surface area contributed by atoms with Crippen molar-refractivity contribution in [3.05, 3.63) is 29.3 Å². The zero-order chi connectivity index (χ0) is 16.0. The number of nitrogens with two attached hydrogens (primary N) is 1. The monoisotopic (exact) mass is 338 g/mol. The molecule has 1 aromatic rings. The molecule has 1 amide bonds. The second-order valence-corrected chi connectivity index (χ2v) is 7.26. The number of likely N-dealkylation sites (tertiary alicyclic amines) is 1. The average molecular weight is 339 g/mol. The summed E-state index contributed by atoms with van der Waals surface area (Å²) in [5.74, 6) is 1.14. The Kier molecular flexibility index (Phi) is 4.97. The highest BCUT2D eigenvalue weighted by Crippen LogP contribution is 2.51. The molecule has 1 heterocycles. The standard InChI is InChI=1S/C18H26N2O2.ClH/c1-13-4-5-14(10-15(13)22-3)18(6-7-18)16(21)20-9-8-17(2,11-19)12-20;/h4-5,10H,6-9,11-12,19H2,1-3H3;1H. The number of carbonyl (C=O) groups excluding carboxylic acids is 1. The van der Waals surface area contributed by atoms with Crippen molar-refractivity contribution in [3.8, 4) is 5.75 Å². The zero-order valence-corrected chi connectivity index (χ0v) is 15.0. The fourth-order valence-electron chi connectivity index (χ4n) is 3.54. The minimum Gasteiger partial charge on any atom is -0.496 e. The van der Waals surface area contributed by atoms with E-state index in [9.17, 15) is 4.79 Å². The molecule has 128 valence electrons. The smallest absolute Gasteiger partial charge is 0.233 e.